The van der Waals surface area contributed by atoms with Crippen molar-refractivity contribution >= 4 is 21.9 Å². The molecular formula is C7H8BrNO3. The Balaban J connectivity index is 2.64. The highest BCUT2D eigenvalue weighted by molar-refractivity contribution is 9.10. The number of halogens is 1. The Morgan fingerprint density at radius 3 is 2.83 bits per heavy atom. The summed E-state index contributed by atoms with van der Waals surface area (Å²) in [7, 11) is 0. The average Bonchev–Trinajstić information content (AvgIpc) is 2.34. The molecule has 0 spiro atoms. The van der Waals surface area contributed by atoms with Crippen molar-refractivity contribution in [3.8, 4) is 0 Å². The van der Waals surface area contributed by atoms with Crippen molar-refractivity contribution in [2.75, 3.05) is 0 Å². The van der Waals surface area contributed by atoms with E-state index in [9.17, 15) is 9.90 Å². The number of furan rings is 1. The van der Waals surface area contributed by atoms with Gasteiger partial charge in [-0.15, -0.1) is 0 Å². The third kappa shape index (κ3) is 2.35. The Morgan fingerprint density at radius 1 is 1.75 bits per heavy atom. The van der Waals surface area contributed by atoms with Gasteiger partial charge in [0.05, 0.1) is 0 Å². The number of aliphatic carboxylic acids is 1. The van der Waals surface area contributed by atoms with Gasteiger partial charge in [0.25, 0.3) is 0 Å². The SMILES string of the molecule is [NH3+][C@H](CC(=O)[O-])c1ccc(Br)o1. The summed E-state index contributed by atoms with van der Waals surface area (Å²) in [6.45, 7) is 0. The zero-order chi connectivity index (χ0) is 9.14. The molecule has 1 rings (SSSR count). The number of carboxylic acids is 1. The quantitative estimate of drug-likeness (QED) is 0.762. The summed E-state index contributed by atoms with van der Waals surface area (Å²) < 4.78 is 5.68. The molecule has 12 heavy (non-hydrogen) atoms. The van der Waals surface area contributed by atoms with Crippen LogP contribution in [0.2, 0.25) is 0 Å². The van der Waals surface area contributed by atoms with Crippen LogP contribution in [0.15, 0.2) is 21.2 Å². The Kier molecular flexibility index (Phi) is 2.88. The van der Waals surface area contributed by atoms with Gasteiger partial charge in [-0.1, -0.05) is 0 Å². The van der Waals surface area contributed by atoms with Crippen LogP contribution in [0, 0.1) is 0 Å². The van der Waals surface area contributed by atoms with E-state index < -0.39 is 5.97 Å². The first-order valence-electron chi connectivity index (χ1n) is 3.37. The summed E-state index contributed by atoms with van der Waals surface area (Å²) >= 11 is 3.11. The molecule has 0 aliphatic carbocycles. The molecule has 66 valence electrons. The zero-order valence-electron chi connectivity index (χ0n) is 6.25. The maximum absolute atomic E-state index is 10.2. The normalized spacial score (nSPS) is 12.8. The van der Waals surface area contributed by atoms with Crippen LogP contribution in [-0.2, 0) is 4.79 Å². The Labute approximate surface area is 77.5 Å². The maximum Gasteiger partial charge on any atom is 0.169 e. The minimum Gasteiger partial charge on any atom is -0.550 e. The van der Waals surface area contributed by atoms with E-state index in [-0.39, 0.29) is 12.5 Å². The van der Waals surface area contributed by atoms with Crippen LogP contribution in [0.25, 0.3) is 0 Å². The smallest absolute Gasteiger partial charge is 0.169 e. The number of carbonyl (C=O) groups excluding carboxylic acids is 1. The number of carbonyl (C=O) groups is 1. The number of carboxylic acid groups (broad SMARTS) is 1. The largest absolute Gasteiger partial charge is 0.550 e. The van der Waals surface area contributed by atoms with E-state index in [1.165, 1.54) is 0 Å². The van der Waals surface area contributed by atoms with E-state index in [1.54, 1.807) is 12.1 Å². The predicted molar refractivity (Wildman–Crippen MR) is 41.7 cm³/mol. The summed E-state index contributed by atoms with van der Waals surface area (Å²) in [6, 6.07) is 2.99. The molecule has 0 aromatic carbocycles. The molecule has 0 saturated carbocycles. The Hall–Kier alpha value is -0.810. The second kappa shape index (κ2) is 3.73. The molecule has 0 saturated heterocycles. The number of hydrogen-bond donors (Lipinski definition) is 1. The summed E-state index contributed by atoms with van der Waals surface area (Å²) in [5.74, 6) is -0.575. The highest BCUT2D eigenvalue weighted by Crippen LogP contribution is 2.19. The second-order valence-corrected chi connectivity index (χ2v) is 3.20. The van der Waals surface area contributed by atoms with Gasteiger partial charge in [0.2, 0.25) is 0 Å². The van der Waals surface area contributed by atoms with Crippen molar-refractivity contribution in [1.29, 1.82) is 0 Å². The molecule has 1 aromatic heterocycles. The van der Waals surface area contributed by atoms with E-state index in [0.29, 0.717) is 10.4 Å². The van der Waals surface area contributed by atoms with Gasteiger partial charge >= 0.3 is 0 Å². The molecule has 0 unspecified atom stereocenters. The van der Waals surface area contributed by atoms with Crippen molar-refractivity contribution < 1.29 is 20.1 Å². The van der Waals surface area contributed by atoms with Crippen LogP contribution < -0.4 is 10.8 Å². The molecule has 1 atom stereocenters. The van der Waals surface area contributed by atoms with Gasteiger partial charge in [-0.3, -0.25) is 0 Å². The standard InChI is InChI=1S/C7H8BrNO3/c8-6-2-1-5(12-6)4(9)3-7(10)11/h1-2,4H,3,9H2,(H,10,11)/t4-/m1/s1. The van der Waals surface area contributed by atoms with Crippen LogP contribution in [0.1, 0.15) is 18.2 Å². The van der Waals surface area contributed by atoms with Crippen LogP contribution in [0.4, 0.5) is 0 Å². The van der Waals surface area contributed by atoms with Crippen molar-refractivity contribution in [2.24, 2.45) is 0 Å². The minimum atomic E-state index is -1.12. The predicted octanol–water partition coefficient (Wildman–Crippen LogP) is -0.535. The minimum absolute atomic E-state index is 0.125. The van der Waals surface area contributed by atoms with Crippen molar-refractivity contribution in [2.45, 2.75) is 12.5 Å². The van der Waals surface area contributed by atoms with Crippen LogP contribution >= 0.6 is 15.9 Å². The van der Waals surface area contributed by atoms with Gasteiger partial charge in [0.15, 0.2) is 10.4 Å². The molecule has 0 aliphatic heterocycles. The Morgan fingerprint density at radius 2 is 2.42 bits per heavy atom. The van der Waals surface area contributed by atoms with E-state index >= 15 is 0 Å². The number of rotatable bonds is 3. The van der Waals surface area contributed by atoms with Crippen LogP contribution in [0.3, 0.4) is 0 Å². The highest BCUT2D eigenvalue weighted by Gasteiger charge is 2.13. The first-order chi connectivity index (χ1) is 5.59. The third-order valence-corrected chi connectivity index (χ3v) is 1.84. The molecule has 1 aromatic rings. The fourth-order valence-electron chi connectivity index (χ4n) is 0.849. The lowest BCUT2D eigenvalue weighted by molar-refractivity contribution is -0.434. The van der Waals surface area contributed by atoms with E-state index in [0.717, 1.165) is 0 Å². The highest BCUT2D eigenvalue weighted by atomic mass is 79.9. The fourth-order valence-corrected chi connectivity index (χ4v) is 1.17. The Bertz CT molecular complexity index is 284. The van der Waals surface area contributed by atoms with Gasteiger partial charge in [-0.2, -0.15) is 0 Å². The molecule has 1 heterocycles. The lowest BCUT2D eigenvalue weighted by Gasteiger charge is -2.04. The van der Waals surface area contributed by atoms with E-state index in [4.69, 9.17) is 4.42 Å². The molecule has 4 nitrogen and oxygen atoms in total. The van der Waals surface area contributed by atoms with Gasteiger partial charge in [0, 0.05) is 12.4 Å². The summed E-state index contributed by atoms with van der Waals surface area (Å²) in [5.41, 5.74) is 3.63. The first kappa shape index (κ1) is 9.28. The van der Waals surface area contributed by atoms with Gasteiger partial charge < -0.3 is 20.1 Å². The molecular weight excluding hydrogens is 226 g/mol. The van der Waals surface area contributed by atoms with E-state index in [1.807, 2.05) is 0 Å². The third-order valence-electron chi connectivity index (χ3n) is 1.41. The van der Waals surface area contributed by atoms with Crippen LogP contribution in [-0.4, -0.2) is 5.97 Å². The number of hydrogen-bond acceptors (Lipinski definition) is 3. The molecule has 0 radical (unpaired) electrons. The van der Waals surface area contributed by atoms with Crippen LogP contribution in [0.5, 0.6) is 0 Å². The fraction of sp³-hybridized carbons (Fsp3) is 0.286. The zero-order valence-corrected chi connectivity index (χ0v) is 7.83. The topological polar surface area (TPSA) is 80.9 Å². The molecule has 5 heteroatoms. The molecule has 0 bridgehead atoms. The van der Waals surface area contributed by atoms with Gasteiger partial charge in [0.1, 0.15) is 6.04 Å². The van der Waals surface area contributed by atoms with Crippen molar-refractivity contribution in [1.82, 2.24) is 0 Å². The molecule has 0 aliphatic rings. The van der Waals surface area contributed by atoms with Crippen molar-refractivity contribution in [3.05, 3.63) is 22.6 Å². The summed E-state index contributed by atoms with van der Waals surface area (Å²) in [6.07, 6.45) is -0.125. The average molecular weight is 234 g/mol. The molecule has 3 N–H and O–H groups in total. The second-order valence-electron chi connectivity index (χ2n) is 2.41. The maximum atomic E-state index is 10.2. The van der Waals surface area contributed by atoms with Crippen molar-refractivity contribution in [3.63, 3.8) is 0 Å². The molecule has 0 amide bonds. The summed E-state index contributed by atoms with van der Waals surface area (Å²) in [5, 5.41) is 10.2. The first-order valence-corrected chi connectivity index (χ1v) is 4.17. The lowest BCUT2D eigenvalue weighted by Crippen LogP contribution is -2.55. The van der Waals surface area contributed by atoms with E-state index in [2.05, 4.69) is 21.7 Å². The summed E-state index contributed by atoms with van der Waals surface area (Å²) in [4.78, 5) is 10.2. The van der Waals surface area contributed by atoms with Gasteiger partial charge in [-0.25, -0.2) is 0 Å². The monoisotopic (exact) mass is 233 g/mol. The van der Waals surface area contributed by atoms with Gasteiger partial charge in [-0.05, 0) is 28.1 Å². The molecule has 0 fully saturated rings. The number of quaternary nitrogens is 1. The lowest BCUT2D eigenvalue weighted by atomic mass is 10.2.